The number of rotatable bonds is 2. The van der Waals surface area contributed by atoms with Crippen LogP contribution >= 0.6 is 11.6 Å². The van der Waals surface area contributed by atoms with Gasteiger partial charge in [-0.2, -0.15) is 13.2 Å². The van der Waals surface area contributed by atoms with Crippen LogP contribution in [0.25, 0.3) is 0 Å². The molecule has 0 atom stereocenters. The lowest BCUT2D eigenvalue weighted by molar-refractivity contribution is -0.137. The lowest BCUT2D eigenvalue weighted by Gasteiger charge is -2.23. The Bertz CT molecular complexity index is 798. The summed E-state index contributed by atoms with van der Waals surface area (Å²) in [6.07, 6.45) is -2.88. The maximum atomic E-state index is 12.7. The van der Waals surface area contributed by atoms with Crippen molar-refractivity contribution in [3.05, 3.63) is 53.2 Å². The Morgan fingerprint density at radius 3 is 2.59 bits per heavy atom. The number of nitrogens with zero attached hydrogens (tertiary/aromatic N) is 3. The molecule has 0 spiro atoms. The molecule has 0 bridgehead atoms. The molecule has 1 aromatic heterocycles. The third-order valence-corrected chi connectivity index (χ3v) is 4.49. The average molecular weight is 399 g/mol. The summed E-state index contributed by atoms with van der Waals surface area (Å²) in [5.41, 5.74) is -0.165. The monoisotopic (exact) mass is 398 g/mol. The minimum Gasteiger partial charge on any atom is -0.355 e. The zero-order valence-corrected chi connectivity index (χ0v) is 15.1. The van der Waals surface area contributed by atoms with Crippen molar-refractivity contribution in [3.63, 3.8) is 0 Å². The van der Waals surface area contributed by atoms with E-state index in [9.17, 15) is 18.0 Å². The molecule has 1 aromatic carbocycles. The first-order valence-corrected chi connectivity index (χ1v) is 8.80. The molecule has 27 heavy (non-hydrogen) atoms. The molecule has 144 valence electrons. The van der Waals surface area contributed by atoms with Gasteiger partial charge in [0.25, 0.3) is 0 Å². The van der Waals surface area contributed by atoms with Crippen LogP contribution in [0.2, 0.25) is 5.02 Å². The van der Waals surface area contributed by atoms with E-state index in [1.54, 1.807) is 29.2 Å². The SMILES string of the molecule is O=C(Nc1cccc(Cl)c1)N1CCCN(c2ccc(C(F)(F)F)cn2)CC1. The van der Waals surface area contributed by atoms with E-state index in [1.165, 1.54) is 6.07 Å². The number of benzene rings is 1. The van der Waals surface area contributed by atoms with Gasteiger partial charge in [-0.3, -0.25) is 0 Å². The molecule has 5 nitrogen and oxygen atoms in total. The quantitative estimate of drug-likeness (QED) is 0.810. The van der Waals surface area contributed by atoms with Gasteiger partial charge in [-0.25, -0.2) is 9.78 Å². The van der Waals surface area contributed by atoms with Crippen molar-refractivity contribution in [1.82, 2.24) is 9.88 Å². The summed E-state index contributed by atoms with van der Waals surface area (Å²) in [4.78, 5) is 19.9. The van der Waals surface area contributed by atoms with Crippen molar-refractivity contribution in [1.29, 1.82) is 0 Å². The van der Waals surface area contributed by atoms with Gasteiger partial charge in [-0.05, 0) is 36.8 Å². The second kappa shape index (κ2) is 8.04. The van der Waals surface area contributed by atoms with Crippen molar-refractivity contribution in [2.75, 3.05) is 36.4 Å². The number of anilines is 2. The number of halogens is 4. The Balaban J connectivity index is 1.60. The third-order valence-electron chi connectivity index (χ3n) is 4.26. The zero-order chi connectivity index (χ0) is 19.4. The molecule has 0 radical (unpaired) electrons. The van der Waals surface area contributed by atoms with E-state index in [4.69, 9.17) is 11.6 Å². The molecule has 0 saturated carbocycles. The molecule has 1 aliphatic heterocycles. The van der Waals surface area contributed by atoms with E-state index >= 15 is 0 Å². The van der Waals surface area contributed by atoms with Gasteiger partial charge in [0, 0.05) is 43.1 Å². The Kier molecular flexibility index (Phi) is 5.74. The van der Waals surface area contributed by atoms with Crippen molar-refractivity contribution < 1.29 is 18.0 Å². The fourth-order valence-corrected chi connectivity index (χ4v) is 3.05. The number of pyridine rings is 1. The number of nitrogens with one attached hydrogen (secondary N) is 1. The van der Waals surface area contributed by atoms with Crippen LogP contribution in [0, 0.1) is 0 Å². The van der Waals surface area contributed by atoms with Gasteiger partial charge in [-0.1, -0.05) is 17.7 Å². The molecular formula is C18H18ClF3N4O. The van der Waals surface area contributed by atoms with Crippen LogP contribution < -0.4 is 10.2 Å². The first-order chi connectivity index (χ1) is 12.8. The summed E-state index contributed by atoms with van der Waals surface area (Å²) in [5.74, 6) is 0.472. The number of urea groups is 1. The number of hydrogen-bond donors (Lipinski definition) is 1. The Morgan fingerprint density at radius 1 is 1.11 bits per heavy atom. The van der Waals surface area contributed by atoms with E-state index in [2.05, 4.69) is 10.3 Å². The lowest BCUT2D eigenvalue weighted by atomic mass is 10.2. The number of aromatic nitrogens is 1. The first kappa shape index (κ1) is 19.3. The standard InChI is InChI=1S/C18H18ClF3N4O/c19-14-3-1-4-15(11-14)24-17(27)26-8-2-7-25(9-10-26)16-6-5-13(12-23-16)18(20,21)22/h1,3-6,11-12H,2,7-10H2,(H,24,27). The van der Waals surface area contributed by atoms with E-state index in [0.717, 1.165) is 12.3 Å². The molecule has 9 heteroatoms. The molecular weight excluding hydrogens is 381 g/mol. The molecule has 1 N–H and O–H groups in total. The highest BCUT2D eigenvalue weighted by atomic mass is 35.5. The molecule has 1 saturated heterocycles. The molecule has 0 aliphatic carbocycles. The van der Waals surface area contributed by atoms with E-state index in [-0.39, 0.29) is 6.03 Å². The summed E-state index contributed by atoms with van der Waals surface area (Å²) in [6, 6.07) is 9.03. The molecule has 1 aliphatic rings. The van der Waals surface area contributed by atoms with E-state index in [0.29, 0.717) is 49.1 Å². The molecule has 1 fully saturated rings. The van der Waals surface area contributed by atoms with Crippen LogP contribution in [-0.2, 0) is 6.18 Å². The number of hydrogen-bond acceptors (Lipinski definition) is 3. The van der Waals surface area contributed by atoms with Crippen molar-refractivity contribution in [3.8, 4) is 0 Å². The van der Waals surface area contributed by atoms with Gasteiger partial charge in [0.15, 0.2) is 0 Å². The average Bonchev–Trinajstić information content (AvgIpc) is 2.87. The lowest BCUT2D eigenvalue weighted by Crippen LogP contribution is -2.38. The summed E-state index contributed by atoms with van der Waals surface area (Å²) >= 11 is 5.92. The highest BCUT2D eigenvalue weighted by molar-refractivity contribution is 6.30. The fourth-order valence-electron chi connectivity index (χ4n) is 2.86. The summed E-state index contributed by atoms with van der Waals surface area (Å²) in [5, 5.41) is 3.33. The topological polar surface area (TPSA) is 48.5 Å². The Hall–Kier alpha value is -2.48. The van der Waals surface area contributed by atoms with Gasteiger partial charge in [0.2, 0.25) is 0 Å². The van der Waals surface area contributed by atoms with Gasteiger partial charge in [0.1, 0.15) is 5.82 Å². The van der Waals surface area contributed by atoms with E-state index in [1.807, 2.05) is 4.90 Å². The number of carbonyl (C=O) groups is 1. The van der Waals surface area contributed by atoms with Crippen molar-refractivity contribution in [2.24, 2.45) is 0 Å². The summed E-state index contributed by atoms with van der Waals surface area (Å²) in [7, 11) is 0. The first-order valence-electron chi connectivity index (χ1n) is 8.42. The van der Waals surface area contributed by atoms with Crippen LogP contribution in [0.5, 0.6) is 0 Å². The molecule has 2 aromatic rings. The zero-order valence-electron chi connectivity index (χ0n) is 14.3. The third kappa shape index (κ3) is 5.03. The number of amides is 2. The van der Waals surface area contributed by atoms with Gasteiger partial charge in [0.05, 0.1) is 5.56 Å². The highest BCUT2D eigenvalue weighted by Crippen LogP contribution is 2.29. The predicted molar refractivity (Wildman–Crippen MR) is 98.1 cm³/mol. The fraction of sp³-hybridized carbons (Fsp3) is 0.333. The summed E-state index contributed by atoms with van der Waals surface area (Å²) < 4.78 is 38.0. The number of alkyl halides is 3. The van der Waals surface area contributed by atoms with Crippen LogP contribution in [0.1, 0.15) is 12.0 Å². The maximum absolute atomic E-state index is 12.7. The Labute approximate surface area is 159 Å². The number of carbonyl (C=O) groups excluding carboxylic acids is 1. The molecule has 0 unspecified atom stereocenters. The molecule has 2 heterocycles. The minimum atomic E-state index is -4.40. The Morgan fingerprint density at radius 2 is 1.93 bits per heavy atom. The maximum Gasteiger partial charge on any atom is 0.417 e. The molecule has 3 rings (SSSR count). The molecule has 2 amide bonds. The smallest absolute Gasteiger partial charge is 0.355 e. The van der Waals surface area contributed by atoms with Crippen LogP contribution in [0.15, 0.2) is 42.6 Å². The second-order valence-electron chi connectivity index (χ2n) is 6.17. The van der Waals surface area contributed by atoms with Gasteiger partial charge in [-0.15, -0.1) is 0 Å². The normalized spacial score (nSPS) is 15.4. The van der Waals surface area contributed by atoms with Crippen molar-refractivity contribution >= 4 is 29.1 Å². The van der Waals surface area contributed by atoms with Crippen LogP contribution in [0.3, 0.4) is 0 Å². The van der Waals surface area contributed by atoms with E-state index < -0.39 is 11.7 Å². The predicted octanol–water partition coefficient (Wildman–Crippen LogP) is 4.50. The minimum absolute atomic E-state index is 0.237. The summed E-state index contributed by atoms with van der Waals surface area (Å²) in [6.45, 7) is 2.08. The highest BCUT2D eigenvalue weighted by Gasteiger charge is 2.31. The van der Waals surface area contributed by atoms with Crippen LogP contribution in [-0.4, -0.2) is 42.1 Å². The van der Waals surface area contributed by atoms with Gasteiger partial charge >= 0.3 is 12.2 Å². The largest absolute Gasteiger partial charge is 0.417 e. The van der Waals surface area contributed by atoms with Gasteiger partial charge < -0.3 is 15.1 Å². The van der Waals surface area contributed by atoms with Crippen molar-refractivity contribution in [2.45, 2.75) is 12.6 Å². The van der Waals surface area contributed by atoms with Crippen LogP contribution in [0.4, 0.5) is 29.5 Å². The second-order valence-corrected chi connectivity index (χ2v) is 6.61.